The van der Waals surface area contributed by atoms with Gasteiger partial charge in [0.2, 0.25) is 0 Å². The van der Waals surface area contributed by atoms with Gasteiger partial charge in [-0.3, -0.25) is 0 Å². The number of aromatic nitrogens is 1. The van der Waals surface area contributed by atoms with Crippen LogP contribution in [-0.2, 0) is 21.6 Å². The molecule has 1 aliphatic rings. The van der Waals surface area contributed by atoms with E-state index in [1.165, 1.54) is 16.5 Å². The van der Waals surface area contributed by atoms with Gasteiger partial charge in [0, 0.05) is 23.2 Å². The number of H-pyrrole nitrogens is 1. The third-order valence-corrected chi connectivity index (χ3v) is 5.48. The lowest BCUT2D eigenvalue weighted by molar-refractivity contribution is -0.121. The molecule has 128 valence electrons. The summed E-state index contributed by atoms with van der Waals surface area (Å²) in [7, 11) is 0. The lowest BCUT2D eigenvalue weighted by Crippen LogP contribution is -2.37. The lowest BCUT2D eigenvalue weighted by atomic mass is 9.80. The minimum absolute atomic E-state index is 0.292. The molecule has 0 saturated carbocycles. The molecule has 1 N–H and O–H groups in total. The molecular weight excluding hydrogens is 310 g/mol. The maximum Gasteiger partial charge on any atom is 0.123 e. The summed E-state index contributed by atoms with van der Waals surface area (Å²) < 4.78 is 6.33. The van der Waals surface area contributed by atoms with Crippen molar-refractivity contribution in [3.63, 3.8) is 0 Å². The van der Waals surface area contributed by atoms with E-state index in [9.17, 15) is 4.79 Å². The number of hydrogen-bond donors (Lipinski definition) is 1. The molecule has 2 aromatic carbocycles. The number of benzene rings is 2. The third kappa shape index (κ3) is 2.69. The number of ether oxygens (including phenoxy) is 1. The van der Waals surface area contributed by atoms with Gasteiger partial charge in [-0.05, 0) is 30.0 Å². The van der Waals surface area contributed by atoms with Crippen LogP contribution in [0.4, 0.5) is 0 Å². The van der Waals surface area contributed by atoms with Crippen molar-refractivity contribution >= 4 is 17.2 Å². The van der Waals surface area contributed by atoms with Crippen molar-refractivity contribution < 1.29 is 9.53 Å². The number of rotatable bonds is 5. The number of fused-ring (bicyclic) bond motifs is 3. The van der Waals surface area contributed by atoms with E-state index in [4.69, 9.17) is 4.74 Å². The fraction of sp³-hybridized carbons (Fsp3) is 0.318. The Labute approximate surface area is 148 Å². The zero-order valence-electron chi connectivity index (χ0n) is 14.5. The minimum Gasteiger partial charge on any atom is -0.368 e. The van der Waals surface area contributed by atoms with E-state index in [1.807, 2.05) is 12.1 Å². The highest BCUT2D eigenvalue weighted by molar-refractivity contribution is 5.86. The molecule has 1 aromatic heterocycles. The summed E-state index contributed by atoms with van der Waals surface area (Å²) in [6, 6.07) is 19.0. The summed E-state index contributed by atoms with van der Waals surface area (Å²) in [5, 5.41) is 1.26. The van der Waals surface area contributed by atoms with Gasteiger partial charge < -0.3 is 14.5 Å². The standard InChI is InChI=1S/C22H23NO2/c1-2-22(12-13-24)21-20(18-10-6-7-11-19(18)23-21)17(15-25-22)14-16-8-4-3-5-9-16/h3-11,13,17,23H,2,12,14-15H2,1H3. The van der Waals surface area contributed by atoms with Gasteiger partial charge >= 0.3 is 0 Å². The fourth-order valence-electron chi connectivity index (χ4n) is 4.14. The Balaban J connectivity index is 1.85. The molecule has 0 amide bonds. The molecule has 0 radical (unpaired) electrons. The molecule has 0 spiro atoms. The molecule has 0 bridgehead atoms. The molecule has 4 rings (SSSR count). The molecular formula is C22H23NO2. The Kier molecular flexibility index (Phi) is 4.18. The van der Waals surface area contributed by atoms with Crippen molar-refractivity contribution in [3.8, 4) is 0 Å². The molecule has 0 aliphatic carbocycles. The number of carbonyl (C=O) groups excluding carboxylic acids is 1. The average Bonchev–Trinajstić information content (AvgIpc) is 3.05. The number of aldehydes is 1. The van der Waals surface area contributed by atoms with E-state index < -0.39 is 5.60 Å². The van der Waals surface area contributed by atoms with Crippen LogP contribution in [-0.4, -0.2) is 17.9 Å². The predicted octanol–water partition coefficient (Wildman–Crippen LogP) is 4.72. The predicted molar refractivity (Wildman–Crippen MR) is 99.8 cm³/mol. The van der Waals surface area contributed by atoms with Crippen LogP contribution < -0.4 is 0 Å². The second-order valence-corrected chi connectivity index (χ2v) is 6.88. The molecule has 2 heterocycles. The third-order valence-electron chi connectivity index (χ3n) is 5.48. The van der Waals surface area contributed by atoms with Crippen LogP contribution in [0.3, 0.4) is 0 Å². The van der Waals surface area contributed by atoms with Crippen LogP contribution >= 0.6 is 0 Å². The van der Waals surface area contributed by atoms with Crippen LogP contribution in [0.5, 0.6) is 0 Å². The summed E-state index contributed by atoms with van der Waals surface area (Å²) in [4.78, 5) is 14.9. The number of nitrogens with one attached hydrogen (secondary N) is 1. The number of carbonyl (C=O) groups is 1. The first-order valence-electron chi connectivity index (χ1n) is 9.00. The van der Waals surface area contributed by atoms with Crippen molar-refractivity contribution in [3.05, 3.63) is 71.4 Å². The monoisotopic (exact) mass is 333 g/mol. The number of hydrogen-bond acceptors (Lipinski definition) is 2. The first-order chi connectivity index (χ1) is 12.3. The van der Waals surface area contributed by atoms with E-state index in [0.29, 0.717) is 18.9 Å². The van der Waals surface area contributed by atoms with Crippen molar-refractivity contribution in [2.75, 3.05) is 6.61 Å². The van der Waals surface area contributed by atoms with Crippen LogP contribution in [0.25, 0.3) is 10.9 Å². The molecule has 2 unspecified atom stereocenters. The Bertz CT molecular complexity index is 883. The van der Waals surface area contributed by atoms with Crippen molar-refractivity contribution in [1.82, 2.24) is 4.98 Å². The maximum atomic E-state index is 11.3. The van der Waals surface area contributed by atoms with Crippen LogP contribution in [0.1, 0.15) is 42.5 Å². The topological polar surface area (TPSA) is 42.1 Å². The molecule has 2 atom stereocenters. The zero-order chi connectivity index (χ0) is 17.3. The van der Waals surface area contributed by atoms with Gasteiger partial charge in [0.25, 0.3) is 0 Å². The number of para-hydroxylation sites is 1. The largest absolute Gasteiger partial charge is 0.368 e. The highest BCUT2D eigenvalue weighted by Gasteiger charge is 2.42. The number of aromatic amines is 1. The first kappa shape index (κ1) is 16.1. The van der Waals surface area contributed by atoms with E-state index in [-0.39, 0.29) is 0 Å². The normalized spacial score (nSPS) is 22.7. The zero-order valence-corrected chi connectivity index (χ0v) is 14.5. The molecule has 1 aliphatic heterocycles. The van der Waals surface area contributed by atoms with E-state index in [2.05, 4.69) is 54.4 Å². The Hall–Kier alpha value is -2.39. The molecule has 3 nitrogen and oxygen atoms in total. The SMILES string of the molecule is CCC1(CC=O)OCC(Cc2ccccc2)c2c1[nH]c1ccccc21. The highest BCUT2D eigenvalue weighted by atomic mass is 16.5. The van der Waals surface area contributed by atoms with Gasteiger partial charge in [0.15, 0.2) is 0 Å². The maximum absolute atomic E-state index is 11.3. The van der Waals surface area contributed by atoms with Gasteiger partial charge in [0.05, 0.1) is 12.3 Å². The average molecular weight is 333 g/mol. The molecule has 0 fully saturated rings. The molecule has 25 heavy (non-hydrogen) atoms. The first-order valence-corrected chi connectivity index (χ1v) is 9.00. The van der Waals surface area contributed by atoms with Gasteiger partial charge in [-0.25, -0.2) is 0 Å². The second-order valence-electron chi connectivity index (χ2n) is 6.88. The highest BCUT2D eigenvalue weighted by Crippen LogP contribution is 2.46. The van der Waals surface area contributed by atoms with E-state index in [0.717, 1.165) is 30.3 Å². The molecule has 3 aromatic rings. The summed E-state index contributed by atoms with van der Waals surface area (Å²) in [6.07, 6.45) is 3.10. The van der Waals surface area contributed by atoms with Crippen LogP contribution in [0.15, 0.2) is 54.6 Å². The van der Waals surface area contributed by atoms with E-state index in [1.54, 1.807) is 0 Å². The van der Waals surface area contributed by atoms with Gasteiger partial charge in [0.1, 0.15) is 11.9 Å². The minimum atomic E-state index is -0.525. The van der Waals surface area contributed by atoms with Crippen LogP contribution in [0, 0.1) is 0 Å². The van der Waals surface area contributed by atoms with Gasteiger partial charge in [-0.15, -0.1) is 0 Å². The fourth-order valence-corrected chi connectivity index (χ4v) is 4.14. The van der Waals surface area contributed by atoms with Crippen LogP contribution in [0.2, 0.25) is 0 Å². The van der Waals surface area contributed by atoms with Crippen molar-refractivity contribution in [2.45, 2.75) is 37.7 Å². The molecule has 0 saturated heterocycles. The Morgan fingerprint density at radius 3 is 2.68 bits per heavy atom. The lowest BCUT2D eigenvalue weighted by Gasteiger charge is -2.39. The summed E-state index contributed by atoms with van der Waals surface area (Å²) >= 11 is 0. The summed E-state index contributed by atoms with van der Waals surface area (Å²) in [5.41, 5.74) is 4.33. The Morgan fingerprint density at radius 1 is 1.16 bits per heavy atom. The quantitative estimate of drug-likeness (QED) is 0.687. The smallest absolute Gasteiger partial charge is 0.123 e. The van der Waals surface area contributed by atoms with Gasteiger partial charge in [-0.2, -0.15) is 0 Å². The molecule has 3 heteroatoms. The van der Waals surface area contributed by atoms with E-state index >= 15 is 0 Å². The Morgan fingerprint density at radius 2 is 1.92 bits per heavy atom. The van der Waals surface area contributed by atoms with Gasteiger partial charge in [-0.1, -0.05) is 55.5 Å². The van der Waals surface area contributed by atoms with Crippen molar-refractivity contribution in [1.29, 1.82) is 0 Å². The summed E-state index contributed by atoms with van der Waals surface area (Å²) in [6.45, 7) is 2.74. The van der Waals surface area contributed by atoms with Crippen molar-refractivity contribution in [2.24, 2.45) is 0 Å². The summed E-state index contributed by atoms with van der Waals surface area (Å²) in [5.74, 6) is 0.292. The second kappa shape index (κ2) is 6.49.